The van der Waals surface area contributed by atoms with E-state index in [2.05, 4.69) is 15.4 Å². The number of anilines is 1. The number of aromatic nitrogens is 3. The molecule has 1 unspecified atom stereocenters. The molecule has 35 heavy (non-hydrogen) atoms. The number of fused-ring (bicyclic) bond motifs is 1. The van der Waals surface area contributed by atoms with Crippen molar-refractivity contribution in [1.82, 2.24) is 14.8 Å². The Labute approximate surface area is 198 Å². The van der Waals surface area contributed by atoms with Crippen molar-refractivity contribution in [2.45, 2.75) is 19.4 Å². The summed E-state index contributed by atoms with van der Waals surface area (Å²) in [5.74, 6) is -3.51. The number of amides is 1. The highest BCUT2D eigenvalue weighted by Gasteiger charge is 2.32. The predicted octanol–water partition coefficient (Wildman–Crippen LogP) is 4.44. The Morgan fingerprint density at radius 1 is 1.06 bits per heavy atom. The smallest absolute Gasteiger partial charge is 0.256 e. The zero-order chi connectivity index (χ0) is 24.9. The van der Waals surface area contributed by atoms with E-state index in [4.69, 9.17) is 0 Å². The van der Waals surface area contributed by atoms with Crippen molar-refractivity contribution in [3.05, 3.63) is 77.2 Å². The van der Waals surface area contributed by atoms with E-state index in [-0.39, 0.29) is 39.7 Å². The van der Waals surface area contributed by atoms with Crippen LogP contribution in [0.25, 0.3) is 22.3 Å². The second-order valence-electron chi connectivity index (χ2n) is 8.40. The van der Waals surface area contributed by atoms with Crippen molar-refractivity contribution < 1.29 is 26.4 Å². The lowest BCUT2D eigenvalue weighted by molar-refractivity contribution is 0.102. The summed E-state index contributed by atoms with van der Waals surface area (Å²) >= 11 is 0. The second kappa shape index (κ2) is 8.49. The first kappa shape index (κ1) is 23.0. The molecule has 1 aliphatic rings. The van der Waals surface area contributed by atoms with Crippen molar-refractivity contribution in [3.63, 3.8) is 0 Å². The third-order valence-electron chi connectivity index (χ3n) is 5.96. The number of nitrogens with one attached hydrogen (secondary N) is 1. The monoisotopic (exact) mass is 500 g/mol. The van der Waals surface area contributed by atoms with Crippen LogP contribution in [0.15, 0.2) is 48.5 Å². The summed E-state index contributed by atoms with van der Waals surface area (Å²) in [7, 11) is -3.24. The largest absolute Gasteiger partial charge is 0.322 e. The number of halogens is 3. The van der Waals surface area contributed by atoms with Crippen molar-refractivity contribution in [2.24, 2.45) is 0 Å². The van der Waals surface area contributed by atoms with Crippen LogP contribution in [0.5, 0.6) is 0 Å². The molecule has 0 spiro atoms. The van der Waals surface area contributed by atoms with Gasteiger partial charge in [-0.25, -0.2) is 31.3 Å². The lowest BCUT2D eigenvalue weighted by atomic mass is 10.0. The van der Waals surface area contributed by atoms with Crippen molar-refractivity contribution >= 4 is 32.5 Å². The number of hydrogen-bond donors (Lipinski definition) is 1. The molecule has 1 aliphatic heterocycles. The topological polar surface area (TPSA) is 93.9 Å². The van der Waals surface area contributed by atoms with Gasteiger partial charge in [0, 0.05) is 17.3 Å². The molecule has 180 valence electrons. The molecular formula is C24H19F3N4O3S. The highest BCUT2D eigenvalue weighted by atomic mass is 32.2. The van der Waals surface area contributed by atoms with Crippen LogP contribution in [0.4, 0.5) is 18.9 Å². The Kier molecular flexibility index (Phi) is 5.59. The normalized spacial score (nSPS) is 17.1. The minimum Gasteiger partial charge on any atom is -0.322 e. The Hall–Kier alpha value is -3.73. The molecule has 0 aliphatic carbocycles. The first-order valence-electron chi connectivity index (χ1n) is 10.7. The molecule has 1 amide bonds. The minimum absolute atomic E-state index is 0.00848. The average molecular weight is 501 g/mol. The van der Waals surface area contributed by atoms with Gasteiger partial charge in [0.05, 0.1) is 39.9 Å². The maximum Gasteiger partial charge on any atom is 0.256 e. The van der Waals surface area contributed by atoms with Crippen molar-refractivity contribution in [2.75, 3.05) is 16.8 Å². The predicted molar refractivity (Wildman–Crippen MR) is 124 cm³/mol. The van der Waals surface area contributed by atoms with E-state index in [9.17, 15) is 26.4 Å². The molecule has 2 aromatic heterocycles. The van der Waals surface area contributed by atoms with Crippen LogP contribution < -0.4 is 5.32 Å². The molecule has 0 saturated carbocycles. The molecule has 0 radical (unpaired) electrons. The number of rotatable bonds is 4. The summed E-state index contributed by atoms with van der Waals surface area (Å²) in [5.41, 5.74) is 1.06. The van der Waals surface area contributed by atoms with E-state index in [0.717, 1.165) is 12.1 Å². The molecule has 1 saturated heterocycles. The molecular weight excluding hydrogens is 481 g/mol. The first-order chi connectivity index (χ1) is 16.6. The number of carbonyl (C=O) groups excluding carboxylic acids is 1. The zero-order valence-corrected chi connectivity index (χ0v) is 19.2. The van der Waals surface area contributed by atoms with Gasteiger partial charge >= 0.3 is 0 Å². The van der Waals surface area contributed by atoms with Gasteiger partial charge in [0.25, 0.3) is 5.91 Å². The summed E-state index contributed by atoms with van der Waals surface area (Å²) in [5, 5.41) is 7.36. The Morgan fingerprint density at radius 3 is 2.51 bits per heavy atom. The molecule has 4 aromatic rings. The van der Waals surface area contributed by atoms with E-state index in [1.165, 1.54) is 35.0 Å². The minimum atomic E-state index is -3.24. The van der Waals surface area contributed by atoms with Gasteiger partial charge in [-0.3, -0.25) is 4.79 Å². The SMILES string of the molecule is Cc1nn(C2CCS(=O)(=O)C2)c2nc(-c3ccccc3F)cc(C(=O)Nc3ccc(F)c(F)c3)c12. The van der Waals surface area contributed by atoms with Gasteiger partial charge in [0.15, 0.2) is 27.1 Å². The van der Waals surface area contributed by atoms with E-state index in [1.807, 2.05) is 0 Å². The number of benzene rings is 2. The maximum atomic E-state index is 14.6. The van der Waals surface area contributed by atoms with Gasteiger partial charge in [0.1, 0.15) is 5.82 Å². The second-order valence-corrected chi connectivity index (χ2v) is 10.6. The third-order valence-corrected chi connectivity index (χ3v) is 7.71. The Balaban J connectivity index is 1.69. The first-order valence-corrected chi connectivity index (χ1v) is 12.6. The van der Waals surface area contributed by atoms with Gasteiger partial charge in [-0.1, -0.05) is 12.1 Å². The maximum absolute atomic E-state index is 14.6. The lowest BCUT2D eigenvalue weighted by Gasteiger charge is -2.13. The zero-order valence-electron chi connectivity index (χ0n) is 18.4. The summed E-state index contributed by atoms with van der Waals surface area (Å²) in [6, 6.07) is 9.78. The summed E-state index contributed by atoms with van der Waals surface area (Å²) in [4.78, 5) is 17.9. The molecule has 1 fully saturated rings. The lowest BCUT2D eigenvalue weighted by Crippen LogP contribution is -2.15. The Bertz CT molecular complexity index is 1600. The number of hydrogen-bond acceptors (Lipinski definition) is 5. The van der Waals surface area contributed by atoms with E-state index in [0.29, 0.717) is 17.5 Å². The summed E-state index contributed by atoms with van der Waals surface area (Å²) in [6.45, 7) is 1.65. The van der Waals surface area contributed by atoms with Gasteiger partial charge in [-0.15, -0.1) is 0 Å². The molecule has 3 heterocycles. The molecule has 1 atom stereocenters. The number of aryl methyl sites for hydroxylation is 1. The number of sulfone groups is 1. The van der Waals surface area contributed by atoms with Gasteiger partial charge in [-0.05, 0) is 43.7 Å². The summed E-state index contributed by atoms with van der Waals surface area (Å²) in [6.07, 6.45) is 0.334. The van der Waals surface area contributed by atoms with Crippen molar-refractivity contribution in [1.29, 1.82) is 0 Å². The van der Waals surface area contributed by atoms with Crippen LogP contribution in [0.1, 0.15) is 28.5 Å². The number of carbonyl (C=O) groups is 1. The van der Waals surface area contributed by atoms with Crippen LogP contribution in [-0.4, -0.2) is 40.6 Å². The van der Waals surface area contributed by atoms with Crippen LogP contribution >= 0.6 is 0 Å². The van der Waals surface area contributed by atoms with Crippen LogP contribution in [-0.2, 0) is 9.84 Å². The van der Waals surface area contributed by atoms with Crippen LogP contribution in [0.3, 0.4) is 0 Å². The number of pyridine rings is 1. The van der Waals surface area contributed by atoms with E-state index >= 15 is 0 Å². The summed E-state index contributed by atoms with van der Waals surface area (Å²) < 4.78 is 67.3. The van der Waals surface area contributed by atoms with Gasteiger partial charge < -0.3 is 5.32 Å². The average Bonchev–Trinajstić information content (AvgIpc) is 3.34. The van der Waals surface area contributed by atoms with Crippen molar-refractivity contribution in [3.8, 4) is 11.3 Å². The Morgan fingerprint density at radius 2 is 1.83 bits per heavy atom. The quantitative estimate of drug-likeness (QED) is 0.447. The fourth-order valence-corrected chi connectivity index (χ4v) is 5.99. The van der Waals surface area contributed by atoms with Crippen LogP contribution in [0, 0.1) is 24.4 Å². The van der Waals surface area contributed by atoms with Gasteiger partial charge in [0.2, 0.25) is 0 Å². The fourth-order valence-electron chi connectivity index (χ4n) is 4.29. The standard InChI is InChI=1S/C24H19F3N4O3S/c1-13-22-17(24(32)28-14-6-7-19(26)20(27)10-14)11-21(16-4-2-3-5-18(16)25)29-23(22)31(30-13)15-8-9-35(33,34)12-15/h2-7,10-11,15H,8-9,12H2,1H3,(H,28,32). The highest BCUT2D eigenvalue weighted by molar-refractivity contribution is 7.91. The van der Waals surface area contributed by atoms with Gasteiger partial charge in [-0.2, -0.15) is 5.10 Å². The molecule has 5 rings (SSSR count). The third kappa shape index (κ3) is 4.27. The van der Waals surface area contributed by atoms with E-state index in [1.54, 1.807) is 13.0 Å². The molecule has 1 N–H and O–H groups in total. The fraction of sp³-hybridized carbons (Fsp3) is 0.208. The molecule has 7 nitrogen and oxygen atoms in total. The molecule has 2 aromatic carbocycles. The van der Waals surface area contributed by atoms with E-state index < -0.39 is 39.2 Å². The molecule has 0 bridgehead atoms. The molecule has 11 heteroatoms. The van der Waals surface area contributed by atoms with Crippen LogP contribution in [0.2, 0.25) is 0 Å². The number of nitrogens with zero attached hydrogens (tertiary/aromatic N) is 3. The highest BCUT2D eigenvalue weighted by Crippen LogP contribution is 2.33.